The van der Waals surface area contributed by atoms with Crippen molar-refractivity contribution in [1.82, 2.24) is 24.9 Å². The third kappa shape index (κ3) is 3.04. The molecule has 1 unspecified atom stereocenters. The third-order valence-electron chi connectivity index (χ3n) is 3.54. The van der Waals surface area contributed by atoms with E-state index in [9.17, 15) is 4.79 Å². The van der Waals surface area contributed by atoms with Gasteiger partial charge in [0.2, 0.25) is 0 Å². The minimum Gasteiger partial charge on any atom is -0.396 e. The lowest BCUT2D eigenvalue weighted by molar-refractivity contribution is 0.0936. The van der Waals surface area contributed by atoms with Gasteiger partial charge in [0.25, 0.3) is 5.91 Å². The Bertz CT molecular complexity index is 816. The van der Waals surface area contributed by atoms with E-state index in [0.717, 1.165) is 11.3 Å². The summed E-state index contributed by atoms with van der Waals surface area (Å²) in [7, 11) is 0. The molecule has 0 bridgehead atoms. The highest BCUT2D eigenvalue weighted by molar-refractivity contribution is 6.00. The third-order valence-corrected chi connectivity index (χ3v) is 3.54. The van der Waals surface area contributed by atoms with E-state index in [0.29, 0.717) is 17.6 Å². The van der Waals surface area contributed by atoms with Gasteiger partial charge in [-0.05, 0) is 31.5 Å². The fraction of sp³-hybridized carbons (Fsp3) is 0.250. The molecule has 1 atom stereocenters. The molecule has 0 saturated carbocycles. The Morgan fingerprint density at radius 2 is 2.22 bits per heavy atom. The Labute approximate surface area is 133 Å². The molecule has 0 fully saturated rings. The zero-order chi connectivity index (χ0) is 16.2. The molecule has 3 aromatic rings. The number of pyridine rings is 1. The van der Waals surface area contributed by atoms with Gasteiger partial charge in [0.1, 0.15) is 5.56 Å². The fourth-order valence-electron chi connectivity index (χ4n) is 2.35. The van der Waals surface area contributed by atoms with Crippen LogP contribution in [0.15, 0.2) is 43.0 Å². The molecule has 3 rings (SSSR count). The summed E-state index contributed by atoms with van der Waals surface area (Å²) in [4.78, 5) is 20.7. The van der Waals surface area contributed by atoms with Crippen molar-refractivity contribution in [2.45, 2.75) is 19.4 Å². The SMILES string of the molecule is CC(CCO)NC(=O)c1cnn2c(-c3cccnc3)ccnc12. The minimum atomic E-state index is -0.253. The standard InChI is InChI=1S/C16H17N5O2/c1-11(5-8-22)20-16(23)13-10-19-21-14(4-7-18-15(13)21)12-3-2-6-17-9-12/h2-4,6-7,9-11,22H,5,8H2,1H3,(H,20,23). The number of carbonyl (C=O) groups excluding carboxylic acids is 1. The van der Waals surface area contributed by atoms with Crippen LogP contribution in [0.1, 0.15) is 23.7 Å². The molecule has 7 heteroatoms. The number of aromatic nitrogens is 4. The van der Waals surface area contributed by atoms with Crippen LogP contribution in [0.25, 0.3) is 16.9 Å². The first-order valence-electron chi connectivity index (χ1n) is 7.35. The predicted octanol–water partition coefficient (Wildman–Crippen LogP) is 1.29. The van der Waals surface area contributed by atoms with Crippen molar-refractivity contribution in [2.75, 3.05) is 6.61 Å². The second kappa shape index (κ2) is 6.53. The van der Waals surface area contributed by atoms with Crippen LogP contribution in [0.4, 0.5) is 0 Å². The lowest BCUT2D eigenvalue weighted by Crippen LogP contribution is -2.33. The maximum atomic E-state index is 12.4. The molecule has 118 valence electrons. The average molecular weight is 311 g/mol. The highest BCUT2D eigenvalue weighted by Gasteiger charge is 2.17. The van der Waals surface area contributed by atoms with Crippen molar-refractivity contribution >= 4 is 11.6 Å². The molecule has 0 radical (unpaired) electrons. The minimum absolute atomic E-state index is 0.0274. The summed E-state index contributed by atoms with van der Waals surface area (Å²) < 4.78 is 1.63. The monoisotopic (exact) mass is 311 g/mol. The van der Waals surface area contributed by atoms with Crippen LogP contribution in [0, 0.1) is 0 Å². The molecule has 2 N–H and O–H groups in total. The van der Waals surface area contributed by atoms with Crippen LogP contribution in [0.3, 0.4) is 0 Å². The summed E-state index contributed by atoms with van der Waals surface area (Å²) in [6.45, 7) is 1.87. The number of rotatable bonds is 5. The summed E-state index contributed by atoms with van der Waals surface area (Å²) >= 11 is 0. The van der Waals surface area contributed by atoms with Gasteiger partial charge in [0.05, 0.1) is 11.9 Å². The molecule has 1 amide bonds. The number of nitrogens with one attached hydrogen (secondary N) is 1. The van der Waals surface area contributed by atoms with Gasteiger partial charge < -0.3 is 10.4 Å². The number of hydrogen-bond donors (Lipinski definition) is 2. The smallest absolute Gasteiger partial charge is 0.256 e. The lowest BCUT2D eigenvalue weighted by atomic mass is 10.2. The van der Waals surface area contributed by atoms with E-state index >= 15 is 0 Å². The van der Waals surface area contributed by atoms with Gasteiger partial charge in [-0.2, -0.15) is 5.10 Å². The van der Waals surface area contributed by atoms with E-state index in [-0.39, 0.29) is 18.6 Å². The van der Waals surface area contributed by atoms with E-state index in [1.807, 2.05) is 25.1 Å². The lowest BCUT2D eigenvalue weighted by Gasteiger charge is -2.11. The zero-order valence-electron chi connectivity index (χ0n) is 12.7. The number of fused-ring (bicyclic) bond motifs is 1. The van der Waals surface area contributed by atoms with Crippen molar-refractivity contribution in [2.24, 2.45) is 0 Å². The van der Waals surface area contributed by atoms with Gasteiger partial charge in [0, 0.05) is 36.8 Å². The topological polar surface area (TPSA) is 92.4 Å². The van der Waals surface area contributed by atoms with Crippen LogP contribution in [-0.4, -0.2) is 43.2 Å². The van der Waals surface area contributed by atoms with Gasteiger partial charge in [-0.3, -0.25) is 9.78 Å². The molecule has 0 aliphatic heterocycles. The fourth-order valence-corrected chi connectivity index (χ4v) is 2.35. The molecule has 3 aromatic heterocycles. The van der Waals surface area contributed by atoms with Gasteiger partial charge in [-0.25, -0.2) is 9.50 Å². The normalized spacial score (nSPS) is 12.3. The summed E-state index contributed by atoms with van der Waals surface area (Å²) in [6, 6.07) is 5.47. The van der Waals surface area contributed by atoms with E-state index in [1.54, 1.807) is 23.1 Å². The van der Waals surface area contributed by atoms with Crippen LogP contribution >= 0.6 is 0 Å². The Hall–Kier alpha value is -2.80. The van der Waals surface area contributed by atoms with Crippen molar-refractivity contribution < 1.29 is 9.90 Å². The maximum absolute atomic E-state index is 12.4. The summed E-state index contributed by atoms with van der Waals surface area (Å²) in [5.41, 5.74) is 2.59. The van der Waals surface area contributed by atoms with Gasteiger partial charge in [-0.1, -0.05) is 0 Å². The molecule has 23 heavy (non-hydrogen) atoms. The summed E-state index contributed by atoms with van der Waals surface area (Å²) in [5, 5.41) is 16.0. The Morgan fingerprint density at radius 3 is 2.96 bits per heavy atom. The largest absolute Gasteiger partial charge is 0.396 e. The summed E-state index contributed by atoms with van der Waals surface area (Å²) in [5.74, 6) is -0.253. The molecule has 0 aromatic carbocycles. The molecule has 0 aliphatic rings. The Morgan fingerprint density at radius 1 is 1.35 bits per heavy atom. The van der Waals surface area contributed by atoms with E-state index in [2.05, 4.69) is 20.4 Å². The average Bonchev–Trinajstić information content (AvgIpc) is 3.00. The van der Waals surface area contributed by atoms with Crippen molar-refractivity contribution in [3.05, 3.63) is 48.5 Å². The Kier molecular flexibility index (Phi) is 4.29. The van der Waals surface area contributed by atoms with Crippen molar-refractivity contribution in [1.29, 1.82) is 0 Å². The second-order valence-electron chi connectivity index (χ2n) is 5.25. The molecule has 0 spiro atoms. The van der Waals surface area contributed by atoms with E-state index in [4.69, 9.17) is 5.11 Å². The highest BCUT2D eigenvalue weighted by Crippen LogP contribution is 2.19. The number of aliphatic hydroxyl groups excluding tert-OH is 1. The highest BCUT2D eigenvalue weighted by atomic mass is 16.3. The van der Waals surface area contributed by atoms with Crippen LogP contribution in [0.2, 0.25) is 0 Å². The van der Waals surface area contributed by atoms with Crippen LogP contribution in [0.5, 0.6) is 0 Å². The maximum Gasteiger partial charge on any atom is 0.256 e. The number of hydrogen-bond acceptors (Lipinski definition) is 5. The first-order chi connectivity index (χ1) is 11.2. The van der Waals surface area contributed by atoms with E-state index in [1.165, 1.54) is 6.20 Å². The molecular weight excluding hydrogens is 294 g/mol. The van der Waals surface area contributed by atoms with Crippen molar-refractivity contribution in [3.63, 3.8) is 0 Å². The molecule has 3 heterocycles. The zero-order valence-corrected chi connectivity index (χ0v) is 12.7. The van der Waals surface area contributed by atoms with Crippen LogP contribution < -0.4 is 5.32 Å². The first-order valence-corrected chi connectivity index (χ1v) is 7.35. The number of amides is 1. The first kappa shape index (κ1) is 15.1. The second-order valence-corrected chi connectivity index (χ2v) is 5.25. The van der Waals surface area contributed by atoms with Gasteiger partial charge in [-0.15, -0.1) is 0 Å². The molecule has 0 aliphatic carbocycles. The summed E-state index contributed by atoms with van der Waals surface area (Å²) in [6.07, 6.45) is 7.09. The molecular formula is C16H17N5O2. The number of aliphatic hydroxyl groups is 1. The number of carbonyl (C=O) groups is 1. The molecule has 7 nitrogen and oxygen atoms in total. The van der Waals surface area contributed by atoms with Gasteiger partial charge >= 0.3 is 0 Å². The quantitative estimate of drug-likeness (QED) is 0.741. The molecule has 0 saturated heterocycles. The predicted molar refractivity (Wildman–Crippen MR) is 84.8 cm³/mol. The van der Waals surface area contributed by atoms with Gasteiger partial charge in [0.15, 0.2) is 5.65 Å². The van der Waals surface area contributed by atoms with E-state index < -0.39 is 0 Å². The van der Waals surface area contributed by atoms with Crippen molar-refractivity contribution in [3.8, 4) is 11.3 Å². The number of nitrogens with zero attached hydrogens (tertiary/aromatic N) is 4. The van der Waals surface area contributed by atoms with Crippen LogP contribution in [-0.2, 0) is 0 Å². The Balaban J connectivity index is 1.97.